The zero-order valence-electron chi connectivity index (χ0n) is 11.9. The summed E-state index contributed by atoms with van der Waals surface area (Å²) in [6.07, 6.45) is 1.77. The summed E-state index contributed by atoms with van der Waals surface area (Å²) in [4.78, 5) is 0. The van der Waals surface area contributed by atoms with Crippen molar-refractivity contribution in [1.82, 2.24) is 0 Å². The lowest BCUT2D eigenvalue weighted by Crippen LogP contribution is -2.52. The van der Waals surface area contributed by atoms with Gasteiger partial charge >= 0.3 is 0 Å². The van der Waals surface area contributed by atoms with E-state index in [2.05, 4.69) is 52.0 Å². The highest BCUT2D eigenvalue weighted by Gasteiger charge is 2.42. The predicted octanol–water partition coefficient (Wildman–Crippen LogP) is 3.80. The molecule has 1 fully saturated rings. The van der Waals surface area contributed by atoms with Crippen LogP contribution in [0, 0.1) is 5.92 Å². The third kappa shape index (κ3) is 2.93. The van der Waals surface area contributed by atoms with E-state index in [-0.39, 0.29) is 5.60 Å². The molecule has 1 aromatic carbocycles. The quantitative estimate of drug-likeness (QED) is 0.810. The Morgan fingerprint density at radius 2 is 1.83 bits per heavy atom. The van der Waals surface area contributed by atoms with Crippen molar-refractivity contribution in [2.24, 2.45) is 5.92 Å². The van der Waals surface area contributed by atoms with E-state index in [0.29, 0.717) is 5.92 Å². The van der Waals surface area contributed by atoms with E-state index < -0.39 is 5.79 Å². The van der Waals surface area contributed by atoms with Crippen LogP contribution in [0.25, 0.3) is 0 Å². The van der Waals surface area contributed by atoms with Crippen molar-refractivity contribution in [3.05, 3.63) is 35.9 Å². The first kappa shape index (κ1) is 13.6. The molecule has 0 bridgehead atoms. The molecular formula is C16H24O2. The van der Waals surface area contributed by atoms with E-state index in [1.54, 1.807) is 0 Å². The van der Waals surface area contributed by atoms with Crippen molar-refractivity contribution in [3.8, 4) is 0 Å². The minimum absolute atomic E-state index is 0.0816. The second-order valence-electron chi connectivity index (χ2n) is 5.96. The lowest BCUT2D eigenvalue weighted by molar-refractivity contribution is -0.323. The van der Waals surface area contributed by atoms with Gasteiger partial charge in [0.1, 0.15) is 0 Å². The van der Waals surface area contributed by atoms with Crippen molar-refractivity contribution >= 4 is 0 Å². The lowest BCUT2D eigenvalue weighted by atomic mass is 9.87. The SMILES string of the molecule is CC(C)C1(C)CCOC(C)(Cc2ccccc2)O1. The summed E-state index contributed by atoms with van der Waals surface area (Å²) in [5, 5.41) is 0. The maximum absolute atomic E-state index is 6.30. The van der Waals surface area contributed by atoms with E-state index in [1.165, 1.54) is 5.56 Å². The van der Waals surface area contributed by atoms with Crippen LogP contribution in [0.3, 0.4) is 0 Å². The number of hydrogen-bond donors (Lipinski definition) is 0. The van der Waals surface area contributed by atoms with Crippen LogP contribution in [0.4, 0.5) is 0 Å². The zero-order chi connectivity index (χ0) is 13.2. The van der Waals surface area contributed by atoms with Gasteiger partial charge in [-0.2, -0.15) is 0 Å². The van der Waals surface area contributed by atoms with E-state index in [9.17, 15) is 0 Å². The third-order valence-corrected chi connectivity index (χ3v) is 4.04. The Labute approximate surface area is 110 Å². The Balaban J connectivity index is 2.11. The Bertz CT molecular complexity index is 387. The molecule has 2 heteroatoms. The van der Waals surface area contributed by atoms with Crippen LogP contribution in [0.15, 0.2) is 30.3 Å². The number of ether oxygens (including phenoxy) is 2. The van der Waals surface area contributed by atoms with Gasteiger partial charge in [-0.15, -0.1) is 0 Å². The first-order chi connectivity index (χ1) is 8.44. The minimum Gasteiger partial charge on any atom is -0.350 e. The fourth-order valence-electron chi connectivity index (χ4n) is 2.50. The molecule has 2 nitrogen and oxygen atoms in total. The molecule has 1 aliphatic rings. The van der Waals surface area contributed by atoms with Crippen molar-refractivity contribution in [3.63, 3.8) is 0 Å². The van der Waals surface area contributed by atoms with Gasteiger partial charge in [0.05, 0.1) is 12.2 Å². The molecule has 1 aliphatic heterocycles. The summed E-state index contributed by atoms with van der Waals surface area (Å²) in [7, 11) is 0. The number of rotatable bonds is 3. The van der Waals surface area contributed by atoms with Crippen LogP contribution in [0.5, 0.6) is 0 Å². The molecule has 0 aromatic heterocycles. The molecule has 2 unspecified atom stereocenters. The summed E-state index contributed by atoms with van der Waals surface area (Å²) < 4.78 is 12.2. The van der Waals surface area contributed by atoms with Crippen molar-refractivity contribution in [2.75, 3.05) is 6.61 Å². The van der Waals surface area contributed by atoms with Gasteiger partial charge in [-0.3, -0.25) is 0 Å². The fourth-order valence-corrected chi connectivity index (χ4v) is 2.50. The van der Waals surface area contributed by atoms with Gasteiger partial charge < -0.3 is 9.47 Å². The highest BCUT2D eigenvalue weighted by molar-refractivity contribution is 5.16. The fraction of sp³-hybridized carbons (Fsp3) is 0.625. The average molecular weight is 248 g/mol. The predicted molar refractivity (Wildman–Crippen MR) is 73.4 cm³/mol. The smallest absolute Gasteiger partial charge is 0.170 e. The highest BCUT2D eigenvalue weighted by Crippen LogP contribution is 2.37. The maximum atomic E-state index is 6.30. The van der Waals surface area contributed by atoms with Crippen molar-refractivity contribution < 1.29 is 9.47 Å². The summed E-state index contributed by atoms with van der Waals surface area (Å²) in [6.45, 7) is 9.46. The van der Waals surface area contributed by atoms with Crippen LogP contribution in [-0.2, 0) is 15.9 Å². The third-order valence-electron chi connectivity index (χ3n) is 4.04. The molecule has 0 radical (unpaired) electrons. The molecule has 0 N–H and O–H groups in total. The van der Waals surface area contributed by atoms with Gasteiger partial charge in [-0.05, 0) is 31.7 Å². The van der Waals surface area contributed by atoms with Crippen LogP contribution in [0.1, 0.15) is 39.7 Å². The standard InChI is InChI=1S/C16H24O2/c1-13(2)15(3)10-11-17-16(4,18-15)12-14-8-6-5-7-9-14/h5-9,13H,10-12H2,1-4H3. The minimum atomic E-state index is -0.501. The first-order valence-electron chi connectivity index (χ1n) is 6.82. The number of benzene rings is 1. The Kier molecular flexibility index (Phi) is 3.79. The molecule has 2 rings (SSSR count). The van der Waals surface area contributed by atoms with Gasteiger partial charge in [-0.25, -0.2) is 0 Å². The van der Waals surface area contributed by atoms with Gasteiger partial charge in [0.15, 0.2) is 5.79 Å². The maximum Gasteiger partial charge on any atom is 0.170 e. The van der Waals surface area contributed by atoms with Crippen LogP contribution >= 0.6 is 0 Å². The van der Waals surface area contributed by atoms with Gasteiger partial charge in [0, 0.05) is 6.42 Å². The molecule has 0 amide bonds. The molecule has 1 aromatic rings. The molecule has 18 heavy (non-hydrogen) atoms. The molecule has 0 aliphatic carbocycles. The second kappa shape index (κ2) is 5.02. The van der Waals surface area contributed by atoms with Crippen LogP contribution < -0.4 is 0 Å². The Morgan fingerprint density at radius 1 is 1.17 bits per heavy atom. The lowest BCUT2D eigenvalue weighted by Gasteiger charge is -2.47. The first-order valence-corrected chi connectivity index (χ1v) is 6.82. The van der Waals surface area contributed by atoms with Crippen LogP contribution in [-0.4, -0.2) is 18.0 Å². The summed E-state index contributed by atoms with van der Waals surface area (Å²) in [5.74, 6) is -0.00461. The largest absolute Gasteiger partial charge is 0.350 e. The topological polar surface area (TPSA) is 18.5 Å². The van der Waals surface area contributed by atoms with Crippen molar-refractivity contribution in [2.45, 2.75) is 51.9 Å². The molecular weight excluding hydrogens is 224 g/mol. The Morgan fingerprint density at radius 3 is 2.44 bits per heavy atom. The molecule has 100 valence electrons. The van der Waals surface area contributed by atoms with E-state index in [1.807, 2.05) is 6.07 Å². The monoisotopic (exact) mass is 248 g/mol. The van der Waals surface area contributed by atoms with Crippen LogP contribution in [0.2, 0.25) is 0 Å². The second-order valence-corrected chi connectivity index (χ2v) is 5.96. The molecule has 1 heterocycles. The Hall–Kier alpha value is -0.860. The molecule has 2 atom stereocenters. The van der Waals surface area contributed by atoms with Gasteiger partial charge in [0.2, 0.25) is 0 Å². The van der Waals surface area contributed by atoms with E-state index >= 15 is 0 Å². The van der Waals surface area contributed by atoms with E-state index in [4.69, 9.17) is 9.47 Å². The van der Waals surface area contributed by atoms with Crippen molar-refractivity contribution in [1.29, 1.82) is 0 Å². The molecule has 0 saturated carbocycles. The summed E-state index contributed by atoms with van der Waals surface area (Å²) in [5.41, 5.74) is 1.18. The molecule has 0 spiro atoms. The summed E-state index contributed by atoms with van der Waals surface area (Å²) >= 11 is 0. The zero-order valence-corrected chi connectivity index (χ0v) is 11.9. The normalized spacial score (nSPS) is 32.7. The average Bonchev–Trinajstić information content (AvgIpc) is 2.29. The van der Waals surface area contributed by atoms with Gasteiger partial charge in [-0.1, -0.05) is 44.2 Å². The highest BCUT2D eigenvalue weighted by atomic mass is 16.7. The van der Waals surface area contributed by atoms with Gasteiger partial charge in [0.25, 0.3) is 0 Å². The summed E-state index contributed by atoms with van der Waals surface area (Å²) in [6, 6.07) is 10.4. The number of hydrogen-bond acceptors (Lipinski definition) is 2. The molecule has 1 saturated heterocycles. The van der Waals surface area contributed by atoms with E-state index in [0.717, 1.165) is 19.4 Å².